The molecule has 0 aromatic rings. The van der Waals surface area contributed by atoms with Crippen LogP contribution in [0.2, 0.25) is 0 Å². The molecule has 4 rings (SSSR count). The summed E-state index contributed by atoms with van der Waals surface area (Å²) >= 11 is 0. The minimum Gasteiger partial charge on any atom is -0.347 e. The zero-order valence-electron chi connectivity index (χ0n) is 10.9. The Bertz CT molecular complexity index is 360. The van der Waals surface area contributed by atoms with Crippen molar-refractivity contribution in [2.24, 2.45) is 22.2 Å². The number of hydrogen-bond donors (Lipinski definition) is 3. The van der Waals surface area contributed by atoms with Crippen LogP contribution < -0.4 is 16.0 Å². The highest BCUT2D eigenvalue weighted by atomic mass is 15.3. The van der Waals surface area contributed by atoms with Gasteiger partial charge in [0, 0.05) is 25.6 Å². The number of nitrogens with zero attached hydrogens (tertiary/aromatic N) is 2. The van der Waals surface area contributed by atoms with Crippen LogP contribution in [-0.4, -0.2) is 56.8 Å². The van der Waals surface area contributed by atoms with E-state index in [1.54, 1.807) is 0 Å². The van der Waals surface area contributed by atoms with E-state index in [0.717, 1.165) is 25.8 Å². The molecule has 4 aliphatic heterocycles. The summed E-state index contributed by atoms with van der Waals surface area (Å²) in [6.07, 6.45) is 2.68. The van der Waals surface area contributed by atoms with E-state index >= 15 is 0 Å². The number of piperidine rings is 3. The maximum atomic E-state index is 4.79. The second-order valence-corrected chi connectivity index (χ2v) is 6.20. The first-order valence-corrected chi connectivity index (χ1v) is 7.32. The van der Waals surface area contributed by atoms with Gasteiger partial charge >= 0.3 is 0 Å². The molecule has 0 aromatic carbocycles. The Labute approximate surface area is 108 Å². The topological polar surface area (TPSA) is 51.7 Å². The van der Waals surface area contributed by atoms with Crippen molar-refractivity contribution in [3.05, 3.63) is 0 Å². The minimum absolute atomic E-state index is 0.531. The van der Waals surface area contributed by atoms with Gasteiger partial charge in [-0.05, 0) is 37.3 Å². The number of hydrogen-bond acceptors (Lipinski definition) is 5. The highest BCUT2D eigenvalue weighted by Crippen LogP contribution is 2.49. The Kier molecular flexibility index (Phi) is 2.60. The standard InChI is InChI=1S/C13H23N5/c1-3-14-4-2-13(1)10-5-15-6-11(13)12-17-8-16-9-18(12)7-10/h10-11,14-16H,1-9H2. The molecule has 18 heavy (non-hydrogen) atoms. The molecule has 5 heteroatoms. The summed E-state index contributed by atoms with van der Waals surface area (Å²) in [7, 11) is 0. The third kappa shape index (κ3) is 1.47. The summed E-state index contributed by atoms with van der Waals surface area (Å²) in [6, 6.07) is 0. The molecule has 4 heterocycles. The molecule has 2 bridgehead atoms. The Balaban J connectivity index is 1.72. The monoisotopic (exact) mass is 249 g/mol. The van der Waals surface area contributed by atoms with Crippen LogP contribution in [0.1, 0.15) is 12.8 Å². The SMILES string of the molecule is C1CC2(CCN1)C1CNCC2C2=NCNCN2C1. The van der Waals surface area contributed by atoms with Gasteiger partial charge < -0.3 is 15.5 Å². The van der Waals surface area contributed by atoms with Crippen LogP contribution in [0.5, 0.6) is 0 Å². The molecule has 0 amide bonds. The third-order valence-electron chi connectivity index (χ3n) is 5.51. The van der Waals surface area contributed by atoms with Crippen LogP contribution >= 0.6 is 0 Å². The number of aliphatic imine (C=N–C) groups is 1. The smallest absolute Gasteiger partial charge is 0.106 e. The molecule has 0 radical (unpaired) electrons. The molecule has 3 saturated heterocycles. The van der Waals surface area contributed by atoms with Gasteiger partial charge in [0.05, 0.1) is 13.3 Å². The third-order valence-corrected chi connectivity index (χ3v) is 5.51. The van der Waals surface area contributed by atoms with E-state index < -0.39 is 0 Å². The molecular weight excluding hydrogens is 226 g/mol. The van der Waals surface area contributed by atoms with E-state index in [-0.39, 0.29) is 0 Å². The van der Waals surface area contributed by atoms with Crippen molar-refractivity contribution in [3.63, 3.8) is 0 Å². The van der Waals surface area contributed by atoms with Crippen LogP contribution in [0.15, 0.2) is 4.99 Å². The number of amidine groups is 1. The normalized spacial score (nSPS) is 38.2. The first-order chi connectivity index (χ1) is 8.90. The largest absolute Gasteiger partial charge is 0.347 e. The summed E-state index contributed by atoms with van der Waals surface area (Å²) < 4.78 is 0. The van der Waals surface area contributed by atoms with E-state index in [0.29, 0.717) is 11.3 Å². The van der Waals surface area contributed by atoms with Crippen molar-refractivity contribution >= 4 is 5.84 Å². The fraction of sp³-hybridized carbons (Fsp3) is 0.923. The van der Waals surface area contributed by atoms with Crippen LogP contribution in [0, 0.1) is 17.3 Å². The summed E-state index contributed by atoms with van der Waals surface area (Å²) in [6.45, 7) is 7.71. The fourth-order valence-electron chi connectivity index (χ4n) is 4.59. The van der Waals surface area contributed by atoms with Gasteiger partial charge in [-0.25, -0.2) is 0 Å². The zero-order valence-corrected chi connectivity index (χ0v) is 10.9. The van der Waals surface area contributed by atoms with Crippen molar-refractivity contribution in [2.45, 2.75) is 12.8 Å². The van der Waals surface area contributed by atoms with Crippen molar-refractivity contribution in [3.8, 4) is 0 Å². The molecule has 0 aromatic heterocycles. The highest BCUT2D eigenvalue weighted by Gasteiger charge is 2.54. The lowest BCUT2D eigenvalue weighted by Crippen LogP contribution is -2.68. The Hall–Kier alpha value is -0.650. The first-order valence-electron chi connectivity index (χ1n) is 7.32. The Morgan fingerprint density at radius 1 is 1.11 bits per heavy atom. The molecule has 0 aliphatic carbocycles. The second-order valence-electron chi connectivity index (χ2n) is 6.20. The summed E-state index contributed by atoms with van der Waals surface area (Å²) in [4.78, 5) is 7.29. The predicted octanol–water partition coefficient (Wildman–Crippen LogP) is -0.576. The van der Waals surface area contributed by atoms with Gasteiger partial charge in [-0.2, -0.15) is 0 Å². The van der Waals surface area contributed by atoms with E-state index in [1.807, 2.05) is 0 Å². The molecular formula is C13H23N5. The lowest BCUT2D eigenvalue weighted by atomic mass is 9.57. The van der Waals surface area contributed by atoms with Gasteiger partial charge in [0.2, 0.25) is 0 Å². The maximum absolute atomic E-state index is 4.79. The predicted molar refractivity (Wildman–Crippen MR) is 71.4 cm³/mol. The number of rotatable bonds is 0. The quantitative estimate of drug-likeness (QED) is 0.538. The van der Waals surface area contributed by atoms with Gasteiger partial charge in [-0.15, -0.1) is 0 Å². The van der Waals surface area contributed by atoms with Crippen LogP contribution in [-0.2, 0) is 0 Å². The van der Waals surface area contributed by atoms with Crippen LogP contribution in [0.3, 0.4) is 0 Å². The lowest BCUT2D eigenvalue weighted by molar-refractivity contribution is -0.00863. The molecule has 2 atom stereocenters. The number of nitrogens with one attached hydrogen (secondary N) is 3. The van der Waals surface area contributed by atoms with E-state index in [4.69, 9.17) is 4.99 Å². The van der Waals surface area contributed by atoms with Crippen LogP contribution in [0.25, 0.3) is 0 Å². The van der Waals surface area contributed by atoms with Crippen molar-refractivity contribution in [1.82, 2.24) is 20.9 Å². The Morgan fingerprint density at radius 3 is 2.89 bits per heavy atom. The molecule has 4 aliphatic rings. The van der Waals surface area contributed by atoms with Gasteiger partial charge in [0.1, 0.15) is 5.84 Å². The van der Waals surface area contributed by atoms with Crippen LogP contribution in [0.4, 0.5) is 0 Å². The maximum Gasteiger partial charge on any atom is 0.106 e. The average Bonchev–Trinajstić information content (AvgIpc) is 2.40. The molecule has 2 unspecified atom stereocenters. The second kappa shape index (κ2) is 4.18. The molecule has 1 spiro atoms. The van der Waals surface area contributed by atoms with Crippen molar-refractivity contribution in [2.75, 3.05) is 46.1 Å². The molecule has 100 valence electrons. The highest BCUT2D eigenvalue weighted by molar-refractivity contribution is 5.87. The average molecular weight is 249 g/mol. The molecule has 3 N–H and O–H groups in total. The fourth-order valence-corrected chi connectivity index (χ4v) is 4.59. The zero-order chi connectivity index (χ0) is 12.0. The first kappa shape index (κ1) is 11.2. The van der Waals surface area contributed by atoms with Gasteiger partial charge in [-0.3, -0.25) is 10.3 Å². The van der Waals surface area contributed by atoms with E-state index in [9.17, 15) is 0 Å². The Morgan fingerprint density at radius 2 is 2.00 bits per heavy atom. The van der Waals surface area contributed by atoms with Gasteiger partial charge in [0.15, 0.2) is 0 Å². The van der Waals surface area contributed by atoms with E-state index in [1.165, 1.54) is 44.9 Å². The summed E-state index contributed by atoms with van der Waals surface area (Å²) in [5.74, 6) is 2.84. The summed E-state index contributed by atoms with van der Waals surface area (Å²) in [5.41, 5.74) is 0.531. The molecule has 5 nitrogen and oxygen atoms in total. The summed E-state index contributed by atoms with van der Waals surface area (Å²) in [5, 5.41) is 10.5. The lowest BCUT2D eigenvalue weighted by Gasteiger charge is -2.59. The van der Waals surface area contributed by atoms with Crippen molar-refractivity contribution < 1.29 is 0 Å². The number of fused-ring (bicyclic) bond motifs is 2. The van der Waals surface area contributed by atoms with Gasteiger partial charge in [0.25, 0.3) is 0 Å². The van der Waals surface area contributed by atoms with E-state index in [2.05, 4.69) is 20.9 Å². The molecule has 3 fully saturated rings. The van der Waals surface area contributed by atoms with Gasteiger partial charge in [-0.1, -0.05) is 0 Å². The molecule has 0 saturated carbocycles. The minimum atomic E-state index is 0.531. The van der Waals surface area contributed by atoms with Crippen molar-refractivity contribution in [1.29, 1.82) is 0 Å².